The van der Waals surface area contributed by atoms with Crippen LogP contribution in [0.3, 0.4) is 0 Å². The fourth-order valence-corrected chi connectivity index (χ4v) is 2.94. The van der Waals surface area contributed by atoms with Gasteiger partial charge >= 0.3 is 6.09 Å². The highest BCUT2D eigenvalue weighted by Crippen LogP contribution is 2.25. The first-order valence-electron chi connectivity index (χ1n) is 9.10. The quantitative estimate of drug-likeness (QED) is 0.695. The summed E-state index contributed by atoms with van der Waals surface area (Å²) in [5.74, 6) is 1.35. The van der Waals surface area contributed by atoms with Gasteiger partial charge in [0.1, 0.15) is 11.4 Å². The SMILES string of the molecule is C[C@@H]1C[C@H](COCCCOc2ccccc2)N(C(=O)OC(C)(C)C)C1. The molecule has 1 aromatic carbocycles. The van der Waals surface area contributed by atoms with Crippen molar-refractivity contribution in [3.8, 4) is 5.75 Å². The van der Waals surface area contributed by atoms with Crippen LogP contribution in [0, 0.1) is 5.92 Å². The largest absolute Gasteiger partial charge is 0.494 e. The molecule has 1 fully saturated rings. The van der Waals surface area contributed by atoms with Crippen LogP contribution in [0.4, 0.5) is 4.79 Å². The molecular weight excluding hydrogens is 318 g/mol. The zero-order valence-corrected chi connectivity index (χ0v) is 15.9. The van der Waals surface area contributed by atoms with Crippen molar-refractivity contribution >= 4 is 6.09 Å². The summed E-state index contributed by atoms with van der Waals surface area (Å²) in [7, 11) is 0. The van der Waals surface area contributed by atoms with Crippen molar-refractivity contribution in [2.45, 2.75) is 52.2 Å². The van der Waals surface area contributed by atoms with E-state index in [1.54, 1.807) is 0 Å². The zero-order valence-electron chi connectivity index (χ0n) is 15.9. The van der Waals surface area contributed by atoms with Gasteiger partial charge in [0, 0.05) is 19.6 Å². The maximum absolute atomic E-state index is 12.3. The van der Waals surface area contributed by atoms with Crippen LogP contribution in [-0.2, 0) is 9.47 Å². The number of benzene rings is 1. The highest BCUT2D eigenvalue weighted by Gasteiger charge is 2.35. The fraction of sp³-hybridized carbons (Fsp3) is 0.650. The Morgan fingerprint density at radius 2 is 1.92 bits per heavy atom. The van der Waals surface area contributed by atoms with Gasteiger partial charge in [-0.2, -0.15) is 0 Å². The molecule has 2 atom stereocenters. The fourth-order valence-electron chi connectivity index (χ4n) is 2.94. The number of hydrogen-bond donors (Lipinski definition) is 0. The third-order valence-corrected chi connectivity index (χ3v) is 4.01. The van der Waals surface area contributed by atoms with Crippen LogP contribution in [0.15, 0.2) is 30.3 Å². The molecule has 5 nitrogen and oxygen atoms in total. The molecule has 0 aliphatic carbocycles. The third-order valence-electron chi connectivity index (χ3n) is 4.01. The van der Waals surface area contributed by atoms with Gasteiger partial charge in [0.25, 0.3) is 0 Å². The predicted molar refractivity (Wildman–Crippen MR) is 97.9 cm³/mol. The molecule has 1 aliphatic heterocycles. The van der Waals surface area contributed by atoms with Gasteiger partial charge in [-0.3, -0.25) is 0 Å². The van der Waals surface area contributed by atoms with Crippen molar-refractivity contribution in [2.24, 2.45) is 5.92 Å². The van der Waals surface area contributed by atoms with E-state index in [-0.39, 0.29) is 12.1 Å². The van der Waals surface area contributed by atoms with Crippen molar-refractivity contribution in [3.63, 3.8) is 0 Å². The standard InChI is InChI=1S/C20H31NO4/c1-16-13-17(21(14-16)19(22)25-20(2,3)4)15-23-11-8-12-24-18-9-6-5-7-10-18/h5-7,9-10,16-17H,8,11-15H2,1-4H3/t16-,17-/m1/s1. The molecule has 1 amide bonds. The zero-order chi connectivity index (χ0) is 18.3. The summed E-state index contributed by atoms with van der Waals surface area (Å²) in [6.07, 6.45) is 1.54. The van der Waals surface area contributed by atoms with Crippen LogP contribution < -0.4 is 4.74 Å². The van der Waals surface area contributed by atoms with Crippen LogP contribution in [0.2, 0.25) is 0 Å². The molecule has 1 aliphatic rings. The predicted octanol–water partition coefficient (Wildman–Crippen LogP) is 4.12. The number of para-hydroxylation sites is 1. The number of likely N-dealkylation sites (tertiary alicyclic amines) is 1. The first-order valence-corrected chi connectivity index (χ1v) is 9.10. The summed E-state index contributed by atoms with van der Waals surface area (Å²) < 4.78 is 16.9. The van der Waals surface area contributed by atoms with Gasteiger partial charge in [-0.15, -0.1) is 0 Å². The Morgan fingerprint density at radius 1 is 1.20 bits per heavy atom. The van der Waals surface area contributed by atoms with Crippen molar-refractivity contribution in [3.05, 3.63) is 30.3 Å². The molecule has 1 heterocycles. The maximum atomic E-state index is 12.3. The van der Waals surface area contributed by atoms with Crippen molar-refractivity contribution in [2.75, 3.05) is 26.4 Å². The molecule has 2 rings (SSSR count). The van der Waals surface area contributed by atoms with Gasteiger partial charge in [-0.05, 0) is 45.2 Å². The van der Waals surface area contributed by atoms with E-state index in [4.69, 9.17) is 14.2 Å². The minimum Gasteiger partial charge on any atom is -0.494 e. The molecule has 0 saturated carbocycles. The molecule has 0 radical (unpaired) electrons. The van der Waals surface area contributed by atoms with Gasteiger partial charge in [0.05, 0.1) is 19.3 Å². The van der Waals surface area contributed by atoms with Gasteiger partial charge < -0.3 is 19.1 Å². The molecular formula is C20H31NO4. The third kappa shape index (κ3) is 6.94. The van der Waals surface area contributed by atoms with E-state index >= 15 is 0 Å². The van der Waals surface area contributed by atoms with E-state index in [1.807, 2.05) is 56.0 Å². The normalized spacial score (nSPS) is 20.6. The molecule has 1 aromatic rings. The lowest BCUT2D eigenvalue weighted by atomic mass is 10.1. The van der Waals surface area contributed by atoms with E-state index in [0.717, 1.165) is 25.1 Å². The number of carbonyl (C=O) groups is 1. The summed E-state index contributed by atoms with van der Waals surface area (Å²) in [5, 5.41) is 0. The van der Waals surface area contributed by atoms with Crippen LogP contribution in [0.5, 0.6) is 5.75 Å². The smallest absolute Gasteiger partial charge is 0.410 e. The van der Waals surface area contributed by atoms with E-state index in [9.17, 15) is 4.79 Å². The minimum absolute atomic E-state index is 0.0971. The average molecular weight is 349 g/mol. The van der Waals surface area contributed by atoms with Crippen LogP contribution in [0.25, 0.3) is 0 Å². The van der Waals surface area contributed by atoms with Crippen LogP contribution >= 0.6 is 0 Å². The van der Waals surface area contributed by atoms with Crippen molar-refractivity contribution < 1.29 is 19.0 Å². The van der Waals surface area contributed by atoms with Crippen LogP contribution in [-0.4, -0.2) is 49.0 Å². The summed E-state index contributed by atoms with van der Waals surface area (Å²) >= 11 is 0. The highest BCUT2D eigenvalue weighted by molar-refractivity contribution is 5.69. The summed E-state index contributed by atoms with van der Waals surface area (Å²) in [6, 6.07) is 9.87. The second kappa shape index (κ2) is 9.09. The number of ether oxygens (including phenoxy) is 3. The van der Waals surface area contributed by atoms with E-state index in [2.05, 4.69) is 6.92 Å². The number of hydrogen-bond acceptors (Lipinski definition) is 4. The van der Waals surface area contributed by atoms with Crippen LogP contribution in [0.1, 0.15) is 40.5 Å². The van der Waals surface area contributed by atoms with Crippen molar-refractivity contribution in [1.82, 2.24) is 4.90 Å². The Hall–Kier alpha value is -1.75. The highest BCUT2D eigenvalue weighted by atomic mass is 16.6. The van der Waals surface area contributed by atoms with Gasteiger partial charge in [-0.1, -0.05) is 25.1 Å². The molecule has 0 spiro atoms. The number of carbonyl (C=O) groups excluding carboxylic acids is 1. The number of nitrogens with zero attached hydrogens (tertiary/aromatic N) is 1. The topological polar surface area (TPSA) is 48.0 Å². The Labute approximate surface area is 151 Å². The molecule has 0 aromatic heterocycles. The van der Waals surface area contributed by atoms with E-state index in [1.165, 1.54) is 0 Å². The Morgan fingerprint density at radius 3 is 2.60 bits per heavy atom. The average Bonchev–Trinajstić information content (AvgIpc) is 2.91. The molecule has 0 bridgehead atoms. The monoisotopic (exact) mass is 349 g/mol. The van der Waals surface area contributed by atoms with Gasteiger partial charge in [-0.25, -0.2) is 4.79 Å². The molecule has 0 unspecified atom stereocenters. The second-order valence-corrected chi connectivity index (χ2v) is 7.72. The maximum Gasteiger partial charge on any atom is 0.410 e. The lowest BCUT2D eigenvalue weighted by molar-refractivity contribution is 0.00960. The second-order valence-electron chi connectivity index (χ2n) is 7.72. The number of amides is 1. The molecule has 0 N–H and O–H groups in total. The minimum atomic E-state index is -0.469. The molecule has 1 saturated heterocycles. The van der Waals surface area contributed by atoms with E-state index in [0.29, 0.717) is 25.7 Å². The summed E-state index contributed by atoms with van der Waals surface area (Å²) in [6.45, 7) is 10.4. The molecule has 140 valence electrons. The Balaban J connectivity index is 1.67. The van der Waals surface area contributed by atoms with Gasteiger partial charge in [0.2, 0.25) is 0 Å². The molecule has 5 heteroatoms. The Kier molecular flexibility index (Phi) is 7.12. The summed E-state index contributed by atoms with van der Waals surface area (Å²) in [5.41, 5.74) is -0.469. The Bertz CT molecular complexity index is 526. The lowest BCUT2D eigenvalue weighted by Gasteiger charge is -2.28. The van der Waals surface area contributed by atoms with E-state index < -0.39 is 5.60 Å². The van der Waals surface area contributed by atoms with Crippen molar-refractivity contribution in [1.29, 1.82) is 0 Å². The first-order chi connectivity index (χ1) is 11.8. The molecule has 25 heavy (non-hydrogen) atoms. The van der Waals surface area contributed by atoms with Gasteiger partial charge in [0.15, 0.2) is 0 Å². The lowest BCUT2D eigenvalue weighted by Crippen LogP contribution is -2.41. The first kappa shape index (κ1) is 19.6. The number of rotatable bonds is 7. The summed E-state index contributed by atoms with van der Waals surface area (Å²) in [4.78, 5) is 14.2.